The van der Waals surface area contributed by atoms with Gasteiger partial charge in [0.05, 0.1) is 0 Å². The van der Waals surface area contributed by atoms with Gasteiger partial charge in [0.1, 0.15) is 11.9 Å². The van der Waals surface area contributed by atoms with E-state index in [1.165, 1.54) is 0 Å². The van der Waals surface area contributed by atoms with Gasteiger partial charge in [0.2, 0.25) is 5.91 Å². The Morgan fingerprint density at radius 2 is 1.97 bits per heavy atom. The first-order valence-corrected chi connectivity index (χ1v) is 11.3. The first kappa shape index (κ1) is 22.5. The van der Waals surface area contributed by atoms with E-state index in [2.05, 4.69) is 22.2 Å². The molecule has 170 valence electrons. The van der Waals surface area contributed by atoms with E-state index >= 15 is 0 Å². The van der Waals surface area contributed by atoms with Crippen LogP contribution in [0.3, 0.4) is 0 Å². The summed E-state index contributed by atoms with van der Waals surface area (Å²) in [5.41, 5.74) is 3.56. The van der Waals surface area contributed by atoms with Crippen LogP contribution >= 0.6 is 0 Å². The average Bonchev–Trinajstić information content (AvgIpc) is 2.87. The van der Waals surface area contributed by atoms with E-state index < -0.39 is 6.04 Å². The summed E-state index contributed by atoms with van der Waals surface area (Å²) in [6.07, 6.45) is 6.51. The molecule has 0 bridgehead atoms. The number of nitrogens with one attached hydrogen (secondary N) is 1. The second-order valence-electron chi connectivity index (χ2n) is 8.12. The maximum absolute atomic E-state index is 13.5. The number of piperazine rings is 1. The Balaban J connectivity index is 1.69. The van der Waals surface area contributed by atoms with Crippen LogP contribution in [-0.4, -0.2) is 64.3 Å². The van der Waals surface area contributed by atoms with Crippen molar-refractivity contribution in [2.24, 2.45) is 0 Å². The molecule has 1 N–H and O–H groups in total. The molecule has 7 nitrogen and oxygen atoms in total. The highest BCUT2D eigenvalue weighted by Crippen LogP contribution is 2.27. The lowest BCUT2D eigenvalue weighted by molar-refractivity contribution is -0.140. The SMILES string of the molecule is CCCN1CCN(C(=O)c2ccnc(NC)c2)C(Cc2ccccc2-c2cccnc2)C1=O. The maximum atomic E-state index is 13.5. The summed E-state index contributed by atoms with van der Waals surface area (Å²) in [4.78, 5) is 39.1. The lowest BCUT2D eigenvalue weighted by Crippen LogP contribution is -2.59. The molecule has 3 heterocycles. The number of nitrogens with zero attached hydrogens (tertiary/aromatic N) is 4. The van der Waals surface area contributed by atoms with E-state index in [0.717, 1.165) is 23.1 Å². The molecule has 1 aliphatic rings. The molecule has 1 fully saturated rings. The Labute approximate surface area is 194 Å². The third-order valence-corrected chi connectivity index (χ3v) is 6.00. The minimum atomic E-state index is -0.568. The molecular weight excluding hydrogens is 414 g/mol. The quantitative estimate of drug-likeness (QED) is 0.605. The summed E-state index contributed by atoms with van der Waals surface area (Å²) in [5.74, 6) is 0.470. The number of hydrogen-bond acceptors (Lipinski definition) is 5. The average molecular weight is 444 g/mol. The zero-order valence-electron chi connectivity index (χ0n) is 19.1. The molecule has 0 spiro atoms. The number of aromatic nitrogens is 2. The predicted octanol–water partition coefficient (Wildman–Crippen LogP) is 3.49. The first-order chi connectivity index (χ1) is 16.1. The highest BCUT2D eigenvalue weighted by Gasteiger charge is 2.37. The van der Waals surface area contributed by atoms with Crippen LogP contribution < -0.4 is 5.32 Å². The first-order valence-electron chi connectivity index (χ1n) is 11.3. The van der Waals surface area contributed by atoms with Crippen molar-refractivity contribution >= 4 is 17.6 Å². The normalized spacial score (nSPS) is 16.1. The number of anilines is 1. The van der Waals surface area contributed by atoms with Crippen LogP contribution in [0.4, 0.5) is 5.82 Å². The zero-order chi connectivity index (χ0) is 23.2. The summed E-state index contributed by atoms with van der Waals surface area (Å²) in [5, 5.41) is 2.97. The van der Waals surface area contributed by atoms with Gasteiger partial charge < -0.3 is 15.1 Å². The van der Waals surface area contributed by atoms with Gasteiger partial charge in [-0.2, -0.15) is 0 Å². The lowest BCUT2D eigenvalue weighted by Gasteiger charge is -2.41. The van der Waals surface area contributed by atoms with Gasteiger partial charge in [-0.15, -0.1) is 0 Å². The smallest absolute Gasteiger partial charge is 0.254 e. The molecular formula is C26H29N5O2. The predicted molar refractivity (Wildman–Crippen MR) is 129 cm³/mol. The number of benzene rings is 1. The fourth-order valence-corrected chi connectivity index (χ4v) is 4.35. The molecule has 1 aromatic carbocycles. The largest absolute Gasteiger partial charge is 0.373 e. The molecule has 1 saturated heterocycles. The van der Waals surface area contributed by atoms with E-state index in [1.54, 1.807) is 36.5 Å². The highest BCUT2D eigenvalue weighted by atomic mass is 16.2. The fraction of sp³-hybridized carbons (Fsp3) is 0.308. The molecule has 0 saturated carbocycles. The van der Waals surface area contributed by atoms with Gasteiger partial charge in [0.15, 0.2) is 0 Å². The minimum absolute atomic E-state index is 0.000311. The topological polar surface area (TPSA) is 78.4 Å². The Morgan fingerprint density at radius 3 is 2.73 bits per heavy atom. The molecule has 1 unspecified atom stereocenters. The second kappa shape index (κ2) is 10.3. The lowest BCUT2D eigenvalue weighted by atomic mass is 9.93. The summed E-state index contributed by atoms with van der Waals surface area (Å²) in [6, 6.07) is 14.8. The van der Waals surface area contributed by atoms with Gasteiger partial charge in [0.25, 0.3) is 5.91 Å². The monoisotopic (exact) mass is 443 g/mol. The number of rotatable bonds is 7. The molecule has 4 rings (SSSR count). The Morgan fingerprint density at radius 1 is 1.12 bits per heavy atom. The number of carbonyl (C=O) groups is 2. The van der Waals surface area contributed by atoms with Crippen LogP contribution in [0.15, 0.2) is 67.1 Å². The standard InChI is InChI=1S/C26H29N5O2/c1-3-13-30-14-15-31(25(32)20-10-12-29-24(17-20)27-2)23(26(30)33)16-19-7-4-5-9-22(19)21-8-6-11-28-18-21/h4-12,17-18,23H,3,13-16H2,1-2H3,(H,27,29). The van der Waals surface area contributed by atoms with Crippen molar-refractivity contribution in [3.63, 3.8) is 0 Å². The Kier molecular flexibility index (Phi) is 6.98. The van der Waals surface area contributed by atoms with Gasteiger partial charge in [-0.05, 0) is 35.7 Å². The molecule has 7 heteroatoms. The molecule has 2 amide bonds. The van der Waals surface area contributed by atoms with Gasteiger partial charge in [-0.1, -0.05) is 37.3 Å². The third-order valence-electron chi connectivity index (χ3n) is 6.00. The summed E-state index contributed by atoms with van der Waals surface area (Å²) in [7, 11) is 1.77. The van der Waals surface area contributed by atoms with E-state index in [-0.39, 0.29) is 11.8 Å². The molecule has 1 aliphatic heterocycles. The van der Waals surface area contributed by atoms with Gasteiger partial charge in [-0.3, -0.25) is 14.6 Å². The molecule has 0 radical (unpaired) electrons. The van der Waals surface area contributed by atoms with E-state index in [4.69, 9.17) is 0 Å². The zero-order valence-corrected chi connectivity index (χ0v) is 19.1. The maximum Gasteiger partial charge on any atom is 0.254 e. The summed E-state index contributed by atoms with van der Waals surface area (Å²) in [6.45, 7) is 3.80. The van der Waals surface area contributed by atoms with Crippen LogP contribution in [0.1, 0.15) is 29.3 Å². The van der Waals surface area contributed by atoms with Crippen LogP contribution in [0.25, 0.3) is 11.1 Å². The van der Waals surface area contributed by atoms with Crippen LogP contribution in [0.5, 0.6) is 0 Å². The van der Waals surface area contributed by atoms with Crippen molar-refractivity contribution in [3.8, 4) is 11.1 Å². The van der Waals surface area contributed by atoms with E-state index in [0.29, 0.717) is 37.4 Å². The fourth-order valence-electron chi connectivity index (χ4n) is 4.35. The molecule has 33 heavy (non-hydrogen) atoms. The van der Waals surface area contributed by atoms with Crippen molar-refractivity contribution in [1.82, 2.24) is 19.8 Å². The van der Waals surface area contributed by atoms with Crippen molar-refractivity contribution < 1.29 is 9.59 Å². The number of pyridine rings is 2. The second-order valence-corrected chi connectivity index (χ2v) is 8.12. The number of carbonyl (C=O) groups excluding carboxylic acids is 2. The minimum Gasteiger partial charge on any atom is -0.373 e. The third kappa shape index (κ3) is 4.87. The highest BCUT2D eigenvalue weighted by molar-refractivity contribution is 5.98. The van der Waals surface area contributed by atoms with Crippen LogP contribution in [-0.2, 0) is 11.2 Å². The van der Waals surface area contributed by atoms with E-state index in [9.17, 15) is 9.59 Å². The number of hydrogen-bond donors (Lipinski definition) is 1. The van der Waals surface area contributed by atoms with Gasteiger partial charge >= 0.3 is 0 Å². The molecule has 0 aliphatic carbocycles. The summed E-state index contributed by atoms with van der Waals surface area (Å²) >= 11 is 0. The molecule has 3 aromatic rings. The van der Waals surface area contributed by atoms with Crippen molar-refractivity contribution in [2.45, 2.75) is 25.8 Å². The van der Waals surface area contributed by atoms with Crippen molar-refractivity contribution in [2.75, 3.05) is 32.0 Å². The van der Waals surface area contributed by atoms with E-state index in [1.807, 2.05) is 47.5 Å². The van der Waals surface area contributed by atoms with Crippen LogP contribution in [0, 0.1) is 0 Å². The van der Waals surface area contributed by atoms with Crippen molar-refractivity contribution in [3.05, 3.63) is 78.2 Å². The Bertz CT molecular complexity index is 1120. The molecule has 2 aromatic heterocycles. The van der Waals surface area contributed by atoms with Crippen molar-refractivity contribution in [1.29, 1.82) is 0 Å². The van der Waals surface area contributed by atoms with Crippen LogP contribution in [0.2, 0.25) is 0 Å². The number of amides is 2. The summed E-state index contributed by atoms with van der Waals surface area (Å²) < 4.78 is 0. The molecule has 1 atom stereocenters. The van der Waals surface area contributed by atoms with Gasteiger partial charge in [0, 0.05) is 62.8 Å². The Hall–Kier alpha value is -3.74. The van der Waals surface area contributed by atoms with Gasteiger partial charge in [-0.25, -0.2) is 4.98 Å².